The summed E-state index contributed by atoms with van der Waals surface area (Å²) in [6.45, 7) is 5.06. The summed E-state index contributed by atoms with van der Waals surface area (Å²) in [5.74, 6) is 1.23. The van der Waals surface area contributed by atoms with Crippen molar-refractivity contribution in [3.63, 3.8) is 0 Å². The van der Waals surface area contributed by atoms with Gasteiger partial charge in [-0.25, -0.2) is 4.98 Å². The number of aryl methyl sites for hydroxylation is 1. The lowest BCUT2D eigenvalue weighted by atomic mass is 10.1. The molecular weight excluding hydrogens is 352 g/mol. The molecule has 0 fully saturated rings. The van der Waals surface area contributed by atoms with Gasteiger partial charge in [0.2, 0.25) is 0 Å². The van der Waals surface area contributed by atoms with E-state index in [1.54, 1.807) is 40.8 Å². The fourth-order valence-electron chi connectivity index (χ4n) is 2.70. The summed E-state index contributed by atoms with van der Waals surface area (Å²) in [5.41, 5.74) is 2.31. The standard InChI is InChI=1S/C18H20N4O3S/c1-4-21-9-14-16(20-21)17(24)22(5-2)18(19-14)26-11-13-8-12(10-23)6-7-15(13)25-3/h6-10H,4-5,11H2,1-3H3. The van der Waals surface area contributed by atoms with Crippen LogP contribution in [0.3, 0.4) is 0 Å². The molecule has 0 aliphatic carbocycles. The van der Waals surface area contributed by atoms with E-state index in [2.05, 4.69) is 10.1 Å². The molecule has 0 bridgehead atoms. The molecule has 7 nitrogen and oxygen atoms in total. The summed E-state index contributed by atoms with van der Waals surface area (Å²) in [6, 6.07) is 5.28. The highest BCUT2D eigenvalue weighted by atomic mass is 32.2. The molecule has 8 heteroatoms. The third kappa shape index (κ3) is 3.37. The number of fused-ring (bicyclic) bond motifs is 1. The van der Waals surface area contributed by atoms with Crippen LogP contribution in [0.1, 0.15) is 29.8 Å². The first-order chi connectivity index (χ1) is 12.6. The Morgan fingerprint density at radius 1 is 1.27 bits per heavy atom. The van der Waals surface area contributed by atoms with Crippen LogP contribution in [0.15, 0.2) is 34.3 Å². The predicted octanol–water partition coefficient (Wildman–Crippen LogP) is 2.75. The van der Waals surface area contributed by atoms with Crippen LogP contribution in [0.4, 0.5) is 0 Å². The Labute approximate surface area is 155 Å². The predicted molar refractivity (Wildman–Crippen MR) is 101 cm³/mol. The summed E-state index contributed by atoms with van der Waals surface area (Å²) in [6.07, 6.45) is 2.59. The number of ether oxygens (including phenoxy) is 1. The lowest BCUT2D eigenvalue weighted by Gasteiger charge is -2.11. The highest BCUT2D eigenvalue weighted by molar-refractivity contribution is 7.98. The number of aldehydes is 1. The monoisotopic (exact) mass is 372 g/mol. The molecule has 1 aromatic carbocycles. The summed E-state index contributed by atoms with van der Waals surface area (Å²) < 4.78 is 8.70. The second-order valence-electron chi connectivity index (χ2n) is 5.64. The second-order valence-corrected chi connectivity index (χ2v) is 6.58. The molecular formula is C18H20N4O3S. The normalized spacial score (nSPS) is 11.0. The molecule has 2 aromatic heterocycles. The zero-order valence-corrected chi connectivity index (χ0v) is 15.7. The molecule has 2 heterocycles. The number of thioether (sulfide) groups is 1. The van der Waals surface area contributed by atoms with Crippen molar-refractivity contribution in [2.24, 2.45) is 0 Å². The van der Waals surface area contributed by atoms with Gasteiger partial charge in [-0.2, -0.15) is 5.10 Å². The largest absolute Gasteiger partial charge is 0.496 e. The molecule has 26 heavy (non-hydrogen) atoms. The van der Waals surface area contributed by atoms with Gasteiger partial charge in [-0.05, 0) is 32.0 Å². The topological polar surface area (TPSA) is 79.0 Å². The maximum atomic E-state index is 12.7. The lowest BCUT2D eigenvalue weighted by molar-refractivity contribution is 0.112. The zero-order valence-electron chi connectivity index (χ0n) is 14.9. The Kier molecular flexibility index (Phi) is 5.41. The molecule has 0 amide bonds. The Balaban J connectivity index is 1.98. The molecule has 136 valence electrons. The van der Waals surface area contributed by atoms with Crippen molar-refractivity contribution in [1.29, 1.82) is 0 Å². The molecule has 3 rings (SSSR count). The summed E-state index contributed by atoms with van der Waals surface area (Å²) in [5, 5.41) is 4.93. The molecule has 0 saturated heterocycles. The van der Waals surface area contributed by atoms with E-state index in [1.165, 1.54) is 11.8 Å². The van der Waals surface area contributed by atoms with Crippen molar-refractivity contribution in [3.05, 3.63) is 45.9 Å². The molecule has 0 saturated carbocycles. The van der Waals surface area contributed by atoms with E-state index in [0.717, 1.165) is 11.8 Å². The van der Waals surface area contributed by atoms with Crippen molar-refractivity contribution in [1.82, 2.24) is 19.3 Å². The fourth-order valence-corrected chi connectivity index (χ4v) is 3.74. The van der Waals surface area contributed by atoms with Crippen LogP contribution in [0.2, 0.25) is 0 Å². The van der Waals surface area contributed by atoms with Crippen molar-refractivity contribution >= 4 is 29.1 Å². The van der Waals surface area contributed by atoms with Gasteiger partial charge in [0.05, 0.1) is 13.3 Å². The third-order valence-corrected chi connectivity index (χ3v) is 5.10. The van der Waals surface area contributed by atoms with Crippen LogP contribution in [-0.2, 0) is 18.8 Å². The van der Waals surface area contributed by atoms with Gasteiger partial charge in [-0.1, -0.05) is 11.8 Å². The Morgan fingerprint density at radius 3 is 2.73 bits per heavy atom. The molecule has 0 unspecified atom stereocenters. The summed E-state index contributed by atoms with van der Waals surface area (Å²) in [4.78, 5) is 28.4. The average molecular weight is 372 g/mol. The van der Waals surface area contributed by atoms with Crippen LogP contribution < -0.4 is 10.3 Å². The molecule has 0 aliphatic rings. The zero-order chi connectivity index (χ0) is 18.7. The molecule has 0 N–H and O–H groups in total. The van der Waals surface area contributed by atoms with Gasteiger partial charge in [-0.3, -0.25) is 18.8 Å². The van der Waals surface area contributed by atoms with Gasteiger partial charge in [0.25, 0.3) is 5.56 Å². The molecule has 0 spiro atoms. The van der Waals surface area contributed by atoms with E-state index < -0.39 is 0 Å². The number of methoxy groups -OCH3 is 1. The van der Waals surface area contributed by atoms with Crippen LogP contribution in [0, 0.1) is 0 Å². The second kappa shape index (κ2) is 7.74. The van der Waals surface area contributed by atoms with Gasteiger partial charge in [-0.15, -0.1) is 0 Å². The average Bonchev–Trinajstić information content (AvgIpc) is 3.09. The number of hydrogen-bond donors (Lipinski definition) is 0. The van der Waals surface area contributed by atoms with Gasteiger partial charge in [0.1, 0.15) is 17.6 Å². The number of benzene rings is 1. The van der Waals surface area contributed by atoms with Crippen LogP contribution in [0.5, 0.6) is 5.75 Å². The van der Waals surface area contributed by atoms with Gasteiger partial charge in [0.15, 0.2) is 10.7 Å². The van der Waals surface area contributed by atoms with E-state index in [-0.39, 0.29) is 5.56 Å². The van der Waals surface area contributed by atoms with Crippen LogP contribution in [-0.4, -0.2) is 32.7 Å². The number of nitrogens with zero attached hydrogens (tertiary/aromatic N) is 4. The van der Waals surface area contributed by atoms with E-state index in [0.29, 0.717) is 46.3 Å². The maximum absolute atomic E-state index is 12.7. The van der Waals surface area contributed by atoms with Gasteiger partial charge < -0.3 is 4.74 Å². The first kappa shape index (κ1) is 18.2. The first-order valence-corrected chi connectivity index (χ1v) is 9.32. The van der Waals surface area contributed by atoms with Gasteiger partial charge in [0, 0.05) is 30.0 Å². The van der Waals surface area contributed by atoms with E-state index >= 15 is 0 Å². The molecule has 0 atom stereocenters. The van der Waals surface area contributed by atoms with E-state index in [1.807, 2.05) is 13.8 Å². The quantitative estimate of drug-likeness (QED) is 0.360. The Hall–Kier alpha value is -2.61. The summed E-state index contributed by atoms with van der Waals surface area (Å²) in [7, 11) is 1.59. The number of hydrogen-bond acceptors (Lipinski definition) is 6. The van der Waals surface area contributed by atoms with Crippen molar-refractivity contribution < 1.29 is 9.53 Å². The molecule has 0 radical (unpaired) electrons. The number of aromatic nitrogens is 4. The SMILES string of the molecule is CCn1cc2nc(SCc3cc(C=O)ccc3OC)n(CC)c(=O)c2n1. The third-order valence-electron chi connectivity index (χ3n) is 4.07. The smallest absolute Gasteiger partial charge is 0.282 e. The van der Waals surface area contributed by atoms with Crippen LogP contribution in [0.25, 0.3) is 11.0 Å². The van der Waals surface area contributed by atoms with Crippen molar-refractivity contribution in [2.45, 2.75) is 37.8 Å². The first-order valence-electron chi connectivity index (χ1n) is 8.34. The van der Waals surface area contributed by atoms with Crippen molar-refractivity contribution in [3.8, 4) is 5.75 Å². The minimum absolute atomic E-state index is 0.138. The Morgan fingerprint density at radius 2 is 2.08 bits per heavy atom. The molecule has 0 aliphatic heterocycles. The van der Waals surface area contributed by atoms with Crippen LogP contribution >= 0.6 is 11.8 Å². The van der Waals surface area contributed by atoms with Gasteiger partial charge >= 0.3 is 0 Å². The van der Waals surface area contributed by atoms with Crippen molar-refractivity contribution in [2.75, 3.05) is 7.11 Å². The molecule has 3 aromatic rings. The van der Waals surface area contributed by atoms with E-state index in [9.17, 15) is 9.59 Å². The number of carbonyl (C=O) groups is 1. The summed E-state index contributed by atoms with van der Waals surface area (Å²) >= 11 is 1.44. The number of carbonyl (C=O) groups excluding carboxylic acids is 1. The Bertz CT molecular complexity index is 1010. The highest BCUT2D eigenvalue weighted by Crippen LogP contribution is 2.28. The minimum atomic E-state index is -0.138. The highest BCUT2D eigenvalue weighted by Gasteiger charge is 2.15. The lowest BCUT2D eigenvalue weighted by Crippen LogP contribution is -2.22. The minimum Gasteiger partial charge on any atom is -0.496 e. The van der Waals surface area contributed by atoms with E-state index in [4.69, 9.17) is 4.74 Å². The fraction of sp³-hybridized carbons (Fsp3) is 0.333. The number of rotatable bonds is 7. The maximum Gasteiger partial charge on any atom is 0.282 e.